The number of hydrogen-bond acceptors (Lipinski definition) is 11. The van der Waals surface area contributed by atoms with Crippen LogP contribution in [-0.4, -0.2) is 56.9 Å². The van der Waals surface area contributed by atoms with E-state index in [1.807, 2.05) is 0 Å². The van der Waals surface area contributed by atoms with E-state index in [1.54, 1.807) is 97.9 Å². The second kappa shape index (κ2) is 12.5. The number of carbonyl (C=O) groups is 3. The van der Waals surface area contributed by atoms with Crippen molar-refractivity contribution in [3.8, 4) is 6.07 Å². The molecule has 3 heterocycles. The molecule has 1 aliphatic heterocycles. The summed E-state index contributed by atoms with van der Waals surface area (Å²) in [4.78, 5) is 48.4. The monoisotopic (exact) mass is 617 g/mol. The molecule has 0 radical (unpaired) electrons. The van der Waals surface area contributed by atoms with E-state index >= 15 is 0 Å². The number of esters is 3. The standard InChI is InChI=1S/C34H27N5O7/c1-34(46-32(42)23-15-9-4-10-16-23)27(45-31(41)22-13-7-3-8-14-22)25(19-43-30(40)21-11-5-2-6-12-21)44-33(34)39-18-24(17-35)26-28(36)37-20-38-29(26)39/h2-16,18,20,25,27,33H,19H2,1H3,(H2,36,37,38)/t25?,27?,33-,34-/m1/s1. The maximum Gasteiger partial charge on any atom is 0.338 e. The van der Waals surface area contributed by atoms with Crippen molar-refractivity contribution in [2.75, 3.05) is 12.3 Å². The van der Waals surface area contributed by atoms with E-state index in [-0.39, 0.29) is 40.1 Å². The van der Waals surface area contributed by atoms with Gasteiger partial charge in [-0.25, -0.2) is 24.4 Å². The van der Waals surface area contributed by atoms with Crippen molar-refractivity contribution in [1.82, 2.24) is 14.5 Å². The molecule has 5 aromatic rings. The van der Waals surface area contributed by atoms with Crippen LogP contribution in [0.2, 0.25) is 0 Å². The Kier molecular flexibility index (Phi) is 8.15. The number of aromatic nitrogens is 3. The van der Waals surface area contributed by atoms with Gasteiger partial charge in [0, 0.05) is 6.20 Å². The van der Waals surface area contributed by atoms with Crippen molar-refractivity contribution >= 4 is 34.8 Å². The van der Waals surface area contributed by atoms with Gasteiger partial charge in [0.1, 0.15) is 36.6 Å². The zero-order valence-electron chi connectivity index (χ0n) is 24.5. The predicted octanol–water partition coefficient (Wildman–Crippen LogP) is 4.48. The molecule has 12 heteroatoms. The van der Waals surface area contributed by atoms with E-state index in [9.17, 15) is 19.6 Å². The first-order valence-electron chi connectivity index (χ1n) is 14.2. The molecule has 0 spiro atoms. The number of benzene rings is 3. The Morgan fingerprint density at radius 3 is 2.04 bits per heavy atom. The predicted molar refractivity (Wildman–Crippen MR) is 163 cm³/mol. The van der Waals surface area contributed by atoms with Gasteiger partial charge in [0.25, 0.3) is 0 Å². The Hall–Kier alpha value is -6.06. The highest BCUT2D eigenvalue weighted by Gasteiger charge is 2.60. The van der Waals surface area contributed by atoms with Gasteiger partial charge in [0.15, 0.2) is 17.9 Å². The first-order chi connectivity index (χ1) is 22.3. The van der Waals surface area contributed by atoms with Crippen LogP contribution in [0.25, 0.3) is 11.0 Å². The lowest BCUT2D eigenvalue weighted by Crippen LogP contribution is -2.50. The van der Waals surface area contributed by atoms with E-state index in [0.29, 0.717) is 5.56 Å². The molecule has 0 bridgehead atoms. The SMILES string of the molecule is C[C@@]1(OC(=O)c2ccccc2)C(OC(=O)c2ccccc2)C(COC(=O)c2ccccc2)O[C@H]1n1cc(C#N)c2c(N)ncnc21. The summed E-state index contributed by atoms with van der Waals surface area (Å²) in [6.45, 7) is 1.17. The summed E-state index contributed by atoms with van der Waals surface area (Å²) in [6, 6.07) is 27.0. The molecule has 6 rings (SSSR count). The van der Waals surface area contributed by atoms with Crippen molar-refractivity contribution in [2.24, 2.45) is 0 Å². The van der Waals surface area contributed by atoms with Gasteiger partial charge in [-0.15, -0.1) is 0 Å². The van der Waals surface area contributed by atoms with Crippen LogP contribution in [0.4, 0.5) is 5.82 Å². The first-order valence-corrected chi connectivity index (χ1v) is 14.2. The molecule has 0 saturated carbocycles. The van der Waals surface area contributed by atoms with Crippen molar-refractivity contribution in [2.45, 2.75) is 31.0 Å². The molecule has 2 unspecified atom stereocenters. The van der Waals surface area contributed by atoms with E-state index in [4.69, 9.17) is 24.7 Å². The van der Waals surface area contributed by atoms with Crippen molar-refractivity contribution in [1.29, 1.82) is 5.26 Å². The zero-order chi connectivity index (χ0) is 32.3. The number of nitriles is 1. The largest absolute Gasteiger partial charge is 0.459 e. The second-order valence-electron chi connectivity index (χ2n) is 10.6. The van der Waals surface area contributed by atoms with Gasteiger partial charge < -0.3 is 29.2 Å². The lowest BCUT2D eigenvalue weighted by molar-refractivity contribution is -0.108. The molecule has 230 valence electrons. The zero-order valence-corrected chi connectivity index (χ0v) is 24.5. The summed E-state index contributed by atoms with van der Waals surface area (Å²) in [7, 11) is 0. The molecular weight excluding hydrogens is 590 g/mol. The molecule has 3 aromatic carbocycles. The summed E-state index contributed by atoms with van der Waals surface area (Å²) < 4.78 is 25.8. The fraction of sp³-hybridized carbons (Fsp3) is 0.176. The van der Waals surface area contributed by atoms with Crippen LogP contribution >= 0.6 is 0 Å². The van der Waals surface area contributed by atoms with Crippen molar-refractivity contribution in [3.05, 3.63) is 126 Å². The lowest BCUT2D eigenvalue weighted by atomic mass is 9.95. The molecule has 1 saturated heterocycles. The van der Waals surface area contributed by atoms with Gasteiger partial charge in [0.2, 0.25) is 0 Å². The molecule has 0 amide bonds. The van der Waals surface area contributed by atoms with E-state index in [2.05, 4.69) is 16.0 Å². The van der Waals surface area contributed by atoms with Gasteiger partial charge in [-0.05, 0) is 43.3 Å². The Balaban J connectivity index is 1.45. The number of nitrogen functional groups attached to an aromatic ring is 1. The second-order valence-corrected chi connectivity index (χ2v) is 10.6. The van der Waals surface area contributed by atoms with E-state index in [0.717, 1.165) is 0 Å². The van der Waals surface area contributed by atoms with E-state index in [1.165, 1.54) is 17.1 Å². The number of carbonyl (C=O) groups excluding carboxylic acids is 3. The Morgan fingerprint density at radius 2 is 1.46 bits per heavy atom. The van der Waals surface area contributed by atoms with Crippen LogP contribution < -0.4 is 5.73 Å². The molecule has 2 N–H and O–H groups in total. The lowest BCUT2D eigenvalue weighted by Gasteiger charge is -2.34. The Labute approximate surface area is 262 Å². The summed E-state index contributed by atoms with van der Waals surface area (Å²) in [5, 5.41) is 10.2. The summed E-state index contributed by atoms with van der Waals surface area (Å²) in [6.07, 6.45) is -1.02. The Bertz CT molecular complexity index is 1940. The highest BCUT2D eigenvalue weighted by Crippen LogP contribution is 2.45. The molecule has 12 nitrogen and oxygen atoms in total. The topological polar surface area (TPSA) is 169 Å². The highest BCUT2D eigenvalue weighted by molar-refractivity contribution is 5.93. The molecule has 46 heavy (non-hydrogen) atoms. The maximum absolute atomic E-state index is 13.6. The van der Waals surface area contributed by atoms with Crippen LogP contribution in [-0.2, 0) is 18.9 Å². The summed E-state index contributed by atoms with van der Waals surface area (Å²) in [5.74, 6) is -2.03. The average molecular weight is 618 g/mol. The van der Waals surface area contributed by atoms with Crippen LogP contribution in [0.5, 0.6) is 0 Å². The van der Waals surface area contributed by atoms with Gasteiger partial charge in [-0.3, -0.25) is 0 Å². The van der Waals surface area contributed by atoms with Crippen LogP contribution in [0.15, 0.2) is 104 Å². The number of ether oxygens (including phenoxy) is 4. The third-order valence-electron chi connectivity index (χ3n) is 7.66. The number of rotatable bonds is 8. The van der Waals surface area contributed by atoms with Crippen molar-refractivity contribution in [3.63, 3.8) is 0 Å². The summed E-state index contributed by atoms with van der Waals surface area (Å²) in [5.41, 5.74) is 5.49. The smallest absolute Gasteiger partial charge is 0.338 e. The first kappa shape index (κ1) is 30.0. The molecule has 2 aromatic heterocycles. The fourth-order valence-electron chi connectivity index (χ4n) is 5.43. The van der Waals surface area contributed by atoms with E-state index < -0.39 is 41.9 Å². The Morgan fingerprint density at radius 1 is 0.891 bits per heavy atom. The molecule has 1 aliphatic rings. The molecule has 1 fully saturated rings. The number of hydrogen-bond donors (Lipinski definition) is 1. The van der Waals surface area contributed by atoms with Gasteiger partial charge in [0.05, 0.1) is 27.6 Å². The molecule has 4 atom stereocenters. The quantitative estimate of drug-likeness (QED) is 0.192. The normalized spacial score (nSPS) is 20.5. The number of fused-ring (bicyclic) bond motifs is 1. The van der Waals surface area contributed by atoms with Gasteiger partial charge in [-0.1, -0.05) is 54.6 Å². The minimum atomic E-state index is -1.76. The average Bonchev–Trinajstić information content (AvgIpc) is 3.59. The summed E-state index contributed by atoms with van der Waals surface area (Å²) >= 11 is 0. The van der Waals surface area contributed by atoms with Crippen LogP contribution in [0.3, 0.4) is 0 Å². The van der Waals surface area contributed by atoms with Crippen molar-refractivity contribution < 1.29 is 33.3 Å². The van der Waals surface area contributed by atoms with Gasteiger partial charge in [-0.2, -0.15) is 5.26 Å². The minimum Gasteiger partial charge on any atom is -0.459 e. The van der Waals surface area contributed by atoms with Crippen LogP contribution in [0, 0.1) is 11.3 Å². The van der Waals surface area contributed by atoms with Gasteiger partial charge >= 0.3 is 17.9 Å². The third kappa shape index (κ3) is 5.62. The number of nitrogens with two attached hydrogens (primary N) is 1. The minimum absolute atomic E-state index is 0.0571. The maximum atomic E-state index is 13.6. The molecule has 0 aliphatic carbocycles. The fourth-order valence-corrected chi connectivity index (χ4v) is 5.43. The number of nitrogens with zero attached hydrogens (tertiary/aromatic N) is 4. The number of anilines is 1. The highest BCUT2D eigenvalue weighted by atomic mass is 16.7. The van der Waals surface area contributed by atoms with Crippen LogP contribution in [0.1, 0.15) is 49.8 Å². The molecular formula is C34H27N5O7. The third-order valence-corrected chi connectivity index (χ3v) is 7.66.